The average molecular weight is 1540 g/mol. The summed E-state index contributed by atoms with van der Waals surface area (Å²) in [5.41, 5.74) is -7.32. The molecule has 14 aromatic carbocycles. The van der Waals surface area contributed by atoms with E-state index in [4.69, 9.17) is 14.2 Å². The molecule has 0 unspecified atom stereocenters. The molecule has 0 atom stereocenters. The predicted molar refractivity (Wildman–Crippen MR) is 364 cm³/mol. The third-order valence-electron chi connectivity index (χ3n) is 19.0. The van der Waals surface area contributed by atoms with Crippen molar-refractivity contribution in [2.75, 3.05) is 14.7 Å². The Labute approximate surface area is 606 Å². The summed E-state index contributed by atoms with van der Waals surface area (Å²) >= 11 is 0. The largest absolute Gasteiger partial charge is 0.453 e. The molecule has 15 aromatic rings. The maximum atomic E-state index is 15.8. The molecule has 0 saturated heterocycles. The summed E-state index contributed by atoms with van der Waals surface area (Å²) in [6.45, 7) is 2.64. The third kappa shape index (κ3) is 10.2. The van der Waals surface area contributed by atoms with Gasteiger partial charge in [-0.25, -0.2) is 102 Å². The van der Waals surface area contributed by atoms with Crippen molar-refractivity contribution in [3.05, 3.63) is 296 Å². The molecular formula is C81H33F22N5O3. The lowest BCUT2D eigenvalue weighted by Gasteiger charge is -2.34. The first-order valence-electron chi connectivity index (χ1n) is 32.3. The van der Waals surface area contributed by atoms with Crippen LogP contribution >= 0.6 is 0 Å². The summed E-state index contributed by atoms with van der Waals surface area (Å²) in [6.07, 6.45) is 0. The smallest absolute Gasteiger partial charge is 0.199 e. The van der Waals surface area contributed by atoms with Crippen LogP contribution < -0.4 is 28.9 Å². The molecule has 0 saturated carbocycles. The van der Waals surface area contributed by atoms with Gasteiger partial charge in [-0.3, -0.25) is 0 Å². The van der Waals surface area contributed by atoms with Gasteiger partial charge in [0.1, 0.15) is 34.6 Å². The van der Waals surface area contributed by atoms with E-state index in [2.05, 4.69) is 4.98 Å². The molecule has 0 amide bonds. The Morgan fingerprint density at radius 3 is 0.784 bits per heavy atom. The normalized spacial score (nSPS) is 12.5. The number of hydrogen-bond acceptors (Lipinski definition) is 8. The maximum absolute atomic E-state index is 15.8. The number of hydrogen-bond donors (Lipinski definition) is 0. The molecule has 1 aromatic heterocycles. The van der Waals surface area contributed by atoms with Crippen LogP contribution in [0, 0.1) is 160 Å². The van der Waals surface area contributed by atoms with Crippen molar-refractivity contribution >= 4 is 116 Å². The van der Waals surface area contributed by atoms with Crippen LogP contribution in [0.15, 0.2) is 146 Å². The zero-order valence-corrected chi connectivity index (χ0v) is 55.6. The highest BCUT2D eigenvalue weighted by Gasteiger charge is 2.42. The van der Waals surface area contributed by atoms with E-state index in [1.54, 1.807) is 48.5 Å². The minimum atomic E-state index is -2.35. The maximum Gasteiger partial charge on any atom is 0.199 e. The van der Waals surface area contributed by atoms with Crippen LogP contribution in [-0.4, -0.2) is 4.98 Å². The van der Waals surface area contributed by atoms with E-state index >= 15 is 52.7 Å². The van der Waals surface area contributed by atoms with Crippen molar-refractivity contribution in [3.8, 4) is 40.6 Å². The number of aromatic nitrogens is 1. The minimum absolute atomic E-state index is 0.0424. The second-order valence-corrected chi connectivity index (χ2v) is 25.0. The summed E-state index contributed by atoms with van der Waals surface area (Å²) in [5, 5.41) is -1.29. The fourth-order valence-electron chi connectivity index (χ4n) is 14.0. The number of fused-ring (bicyclic) bond motifs is 12. The molecular weight excluding hydrogens is 1510 g/mol. The van der Waals surface area contributed by atoms with Gasteiger partial charge in [0, 0.05) is 38.2 Å². The Bertz CT molecular complexity index is 6400. The van der Waals surface area contributed by atoms with Crippen molar-refractivity contribution in [1.82, 2.24) is 4.98 Å². The molecule has 18 rings (SSSR count). The summed E-state index contributed by atoms with van der Waals surface area (Å²) < 4.78 is 349. The molecule has 0 spiro atoms. The van der Waals surface area contributed by atoms with Crippen LogP contribution in [-0.2, 0) is 0 Å². The van der Waals surface area contributed by atoms with Crippen LogP contribution in [0.3, 0.4) is 0 Å². The molecule has 4 heterocycles. The van der Waals surface area contributed by atoms with Gasteiger partial charge in [-0.05, 0) is 93.6 Å². The second kappa shape index (κ2) is 26.2. The fourth-order valence-corrected chi connectivity index (χ4v) is 14.0. The highest BCUT2D eigenvalue weighted by Crippen LogP contribution is 2.60. The lowest BCUT2D eigenvalue weighted by molar-refractivity contribution is 0.416. The van der Waals surface area contributed by atoms with E-state index in [-0.39, 0.29) is 68.6 Å². The molecule has 554 valence electrons. The standard InChI is InChI=1S/C28H11F7N2O.C27H11F8NO.C26H11F7N2O/c1-11-21(29)17-12(10-36)18-20(25(33)27(35)26(34)23(18)31)28(19(17)24(32)22(11)30)37-13-6-2-4-8-15(13)38-16-9-5-3-7-14(16)37;1-10-19(28)15-17(23(32)20(10)29)27(18-16(21(15)30)22(31)25(34)26(35)24(18)33)36-11-6-2-4-8-13(11)37-14-9-5-3-7-12(14)36;1-10-17(27)19(29)15-24(18(10)28)34-25-16(20(30)21(31)22(32)23(25)33)26(15)35-11-6-2-4-8-13(11)36-14-9-5-3-7-12(14)35/h2-9H,1H3;2-9H,1H3;2-9H,1H3. The van der Waals surface area contributed by atoms with E-state index in [1.807, 2.05) is 0 Å². The minimum Gasteiger partial charge on any atom is -0.453 e. The van der Waals surface area contributed by atoms with Crippen LogP contribution in [0.25, 0.3) is 64.9 Å². The molecule has 3 aliphatic heterocycles. The summed E-state index contributed by atoms with van der Waals surface area (Å²) in [6, 6.07) is 37.6. The molecule has 30 heteroatoms. The Kier molecular flexibility index (Phi) is 16.9. The highest BCUT2D eigenvalue weighted by molar-refractivity contribution is 6.20. The van der Waals surface area contributed by atoms with Crippen LogP contribution in [0.4, 0.5) is 148 Å². The van der Waals surface area contributed by atoms with Gasteiger partial charge in [0.2, 0.25) is 0 Å². The number of halogens is 22. The van der Waals surface area contributed by atoms with Gasteiger partial charge in [-0.15, -0.1) is 0 Å². The van der Waals surface area contributed by atoms with Crippen molar-refractivity contribution < 1.29 is 111 Å². The van der Waals surface area contributed by atoms with Gasteiger partial charge in [-0.2, -0.15) is 5.26 Å². The molecule has 0 N–H and O–H groups in total. The zero-order chi connectivity index (χ0) is 78.8. The third-order valence-corrected chi connectivity index (χ3v) is 19.0. The van der Waals surface area contributed by atoms with Gasteiger partial charge in [0.25, 0.3) is 0 Å². The number of ether oxygens (including phenoxy) is 3. The van der Waals surface area contributed by atoms with Crippen molar-refractivity contribution in [2.24, 2.45) is 0 Å². The number of pyridine rings is 1. The van der Waals surface area contributed by atoms with Crippen LogP contribution in [0.2, 0.25) is 0 Å². The molecule has 8 nitrogen and oxygen atoms in total. The monoisotopic (exact) mass is 1540 g/mol. The first-order valence-corrected chi connectivity index (χ1v) is 32.3. The van der Waals surface area contributed by atoms with Crippen LogP contribution in [0.5, 0.6) is 34.5 Å². The summed E-state index contributed by atoms with van der Waals surface area (Å²) in [4.78, 5) is 6.90. The Morgan fingerprint density at radius 2 is 0.450 bits per heavy atom. The van der Waals surface area contributed by atoms with Crippen molar-refractivity contribution in [1.29, 1.82) is 5.26 Å². The van der Waals surface area contributed by atoms with E-state index in [0.29, 0.717) is 0 Å². The van der Waals surface area contributed by atoms with E-state index in [1.165, 1.54) is 103 Å². The average Bonchev–Trinajstić information content (AvgIpc) is 0.709. The Hall–Kier alpha value is -13.5. The fraction of sp³-hybridized carbons (Fsp3) is 0.0370. The molecule has 3 aliphatic rings. The van der Waals surface area contributed by atoms with E-state index in [9.17, 15) is 49.2 Å². The first-order chi connectivity index (χ1) is 53.0. The molecule has 0 fully saturated rings. The number of anilines is 9. The number of nitriles is 1. The van der Waals surface area contributed by atoms with Gasteiger partial charge in [-0.1, -0.05) is 72.8 Å². The highest BCUT2D eigenvalue weighted by atomic mass is 19.2. The quantitative estimate of drug-likeness (QED) is 0.0750. The topological polar surface area (TPSA) is 74.1 Å². The Balaban J connectivity index is 0.000000126. The molecule has 111 heavy (non-hydrogen) atoms. The van der Waals surface area contributed by atoms with Crippen molar-refractivity contribution in [3.63, 3.8) is 0 Å². The molecule has 0 radical (unpaired) electrons. The number of nitrogens with zero attached hydrogens (tertiary/aromatic N) is 5. The van der Waals surface area contributed by atoms with Crippen LogP contribution in [0.1, 0.15) is 22.3 Å². The van der Waals surface area contributed by atoms with Crippen molar-refractivity contribution in [2.45, 2.75) is 20.8 Å². The molecule has 0 bridgehead atoms. The first kappa shape index (κ1) is 71.8. The van der Waals surface area contributed by atoms with Gasteiger partial charge in [0.05, 0.1) is 89.1 Å². The second-order valence-electron chi connectivity index (χ2n) is 25.0. The van der Waals surface area contributed by atoms with E-state index < -0.39 is 232 Å². The lowest BCUT2D eigenvalue weighted by atomic mass is 9.90. The van der Waals surface area contributed by atoms with Gasteiger partial charge < -0.3 is 28.9 Å². The number of benzene rings is 14. The number of rotatable bonds is 3. The summed E-state index contributed by atoms with van der Waals surface area (Å²) in [7, 11) is 0. The van der Waals surface area contributed by atoms with Gasteiger partial charge in [0.15, 0.2) is 145 Å². The predicted octanol–water partition coefficient (Wildman–Crippen LogP) is 26.0. The molecule has 0 aliphatic carbocycles. The lowest BCUT2D eigenvalue weighted by Crippen LogP contribution is -2.18. The Morgan fingerprint density at radius 1 is 0.234 bits per heavy atom. The summed E-state index contributed by atoms with van der Waals surface area (Å²) in [5.74, 6) is -41.2. The SMILES string of the molecule is Cc1c(F)c(F)c2c(N3c4ccccc4Oc4ccccc43)c3c(F)c(F)c(F)c(F)c3c(C#N)c2c1F.Cc1c(F)c(F)c2c(N3c4ccccc4Oc4ccccc43)c3c(F)c(F)c(F)c(F)c3c(F)c2c1F.Cc1c(F)c(F)c2c(N3c4ccccc4Oc4ccccc43)c3c(F)c(F)c(F)c(F)c3nc2c1F. The number of para-hydroxylation sites is 12. The van der Waals surface area contributed by atoms with Gasteiger partial charge >= 0.3 is 0 Å². The van der Waals surface area contributed by atoms with E-state index in [0.717, 1.165) is 35.5 Å². The zero-order valence-electron chi connectivity index (χ0n) is 55.6.